The molecule has 58 heavy (non-hydrogen) atoms. The number of benzene rings is 8. The van der Waals surface area contributed by atoms with Gasteiger partial charge in [0.15, 0.2) is 11.5 Å². The Morgan fingerprint density at radius 1 is 0.586 bits per heavy atom. The summed E-state index contributed by atoms with van der Waals surface area (Å²) in [7, 11) is 0. The zero-order valence-corrected chi connectivity index (χ0v) is 33.7. The number of anilines is 3. The molecule has 2 aliphatic carbocycles. The fourth-order valence-electron chi connectivity index (χ4n) is 10.3. The molecule has 3 nitrogen and oxygen atoms in total. The van der Waals surface area contributed by atoms with Gasteiger partial charge in [0.25, 0.3) is 0 Å². The van der Waals surface area contributed by atoms with Gasteiger partial charge < -0.3 is 14.4 Å². The lowest BCUT2D eigenvalue weighted by molar-refractivity contribution is 0.233. The van der Waals surface area contributed by atoms with Gasteiger partial charge in [0.05, 0.1) is 23.4 Å². The number of ether oxygens (including phenoxy) is 2. The van der Waals surface area contributed by atoms with E-state index in [1.54, 1.807) is 0 Å². The predicted octanol–water partition coefficient (Wildman–Crippen LogP) is 15.1. The van der Waals surface area contributed by atoms with Crippen LogP contribution < -0.4 is 14.4 Å². The van der Waals surface area contributed by atoms with Crippen molar-refractivity contribution in [1.82, 2.24) is 0 Å². The molecule has 0 amide bonds. The van der Waals surface area contributed by atoms with Crippen LogP contribution in [0.3, 0.4) is 0 Å². The van der Waals surface area contributed by atoms with E-state index in [0.29, 0.717) is 5.92 Å². The minimum atomic E-state index is -0.407. The number of unbranched alkanes of at least 4 members (excludes halogenated alkanes) is 1. The molecule has 1 unspecified atom stereocenters. The Labute approximate surface area is 341 Å². The molecule has 0 fully saturated rings. The summed E-state index contributed by atoms with van der Waals surface area (Å²) < 4.78 is 13.1. The quantitative estimate of drug-likeness (QED) is 0.137. The third-order valence-electron chi connectivity index (χ3n) is 13.2. The standard InChI is InChI=1S/C55H47NO2/c1-5-7-10-36(6-2)33-57-42-23-21-41(22-24-42)56-49-27-16-35(4)30-51(49)58-52-32-40(20-28-50(52)56)39-19-26-44-43-25-15-34(3)29-47(43)55(48(44)31-39)45-13-8-11-37-17-18-38-12-9-14-46(55)54(38)53(37)45/h8-9,11-32,36H,5-7,10,33H2,1-4H3. The molecule has 0 saturated heterocycles. The molecule has 3 aliphatic rings. The first kappa shape index (κ1) is 34.9. The first-order valence-corrected chi connectivity index (χ1v) is 21.1. The van der Waals surface area contributed by atoms with Crippen LogP contribution in [0, 0.1) is 19.8 Å². The molecule has 3 heteroatoms. The van der Waals surface area contributed by atoms with E-state index < -0.39 is 5.41 Å². The summed E-state index contributed by atoms with van der Waals surface area (Å²) in [5.74, 6) is 3.20. The molecule has 0 bridgehead atoms. The van der Waals surface area contributed by atoms with E-state index >= 15 is 0 Å². The Morgan fingerprint density at radius 3 is 1.90 bits per heavy atom. The van der Waals surface area contributed by atoms with Crippen LogP contribution in [0.2, 0.25) is 0 Å². The Kier molecular flexibility index (Phi) is 8.05. The Hall–Kier alpha value is -6.32. The van der Waals surface area contributed by atoms with Crippen LogP contribution >= 0.6 is 0 Å². The van der Waals surface area contributed by atoms with Crippen LogP contribution in [0.15, 0.2) is 146 Å². The fourth-order valence-corrected chi connectivity index (χ4v) is 10.3. The summed E-state index contributed by atoms with van der Waals surface area (Å²) in [6.45, 7) is 9.63. The first-order valence-electron chi connectivity index (χ1n) is 21.1. The lowest BCUT2D eigenvalue weighted by atomic mass is 9.69. The lowest BCUT2D eigenvalue weighted by Crippen LogP contribution is -2.26. The minimum absolute atomic E-state index is 0.407. The van der Waals surface area contributed by atoms with Crippen molar-refractivity contribution in [2.75, 3.05) is 11.5 Å². The molecule has 1 spiro atoms. The second-order valence-electron chi connectivity index (χ2n) is 16.7. The normalized spacial score (nSPS) is 14.4. The molecule has 1 atom stereocenters. The van der Waals surface area contributed by atoms with Gasteiger partial charge in [0.2, 0.25) is 0 Å². The molecule has 11 rings (SSSR count). The van der Waals surface area contributed by atoms with Gasteiger partial charge in [-0.1, -0.05) is 130 Å². The van der Waals surface area contributed by atoms with E-state index in [0.717, 1.165) is 58.5 Å². The molecule has 0 radical (unpaired) electrons. The highest BCUT2D eigenvalue weighted by atomic mass is 16.5. The maximum atomic E-state index is 6.81. The number of aryl methyl sites for hydroxylation is 2. The maximum Gasteiger partial charge on any atom is 0.152 e. The number of fused-ring (bicyclic) bond motifs is 9. The molecule has 8 aromatic carbocycles. The summed E-state index contributed by atoms with van der Waals surface area (Å²) in [5.41, 5.74) is 15.6. The van der Waals surface area contributed by atoms with Gasteiger partial charge in [-0.3, -0.25) is 0 Å². The molecular weight excluding hydrogens is 707 g/mol. The van der Waals surface area contributed by atoms with Gasteiger partial charge in [-0.05, 0) is 152 Å². The molecule has 0 N–H and O–H groups in total. The number of hydrogen-bond acceptors (Lipinski definition) is 3. The average Bonchev–Trinajstić information content (AvgIpc) is 3.72. The van der Waals surface area contributed by atoms with E-state index in [2.05, 4.69) is 178 Å². The van der Waals surface area contributed by atoms with Crippen molar-refractivity contribution in [3.63, 3.8) is 0 Å². The van der Waals surface area contributed by atoms with Crippen LogP contribution in [-0.4, -0.2) is 6.61 Å². The zero-order valence-electron chi connectivity index (χ0n) is 33.7. The van der Waals surface area contributed by atoms with Gasteiger partial charge in [-0.15, -0.1) is 0 Å². The molecule has 1 heterocycles. The largest absolute Gasteiger partial charge is 0.493 e. The number of rotatable bonds is 9. The van der Waals surface area contributed by atoms with Crippen molar-refractivity contribution in [3.8, 4) is 39.5 Å². The predicted molar refractivity (Wildman–Crippen MR) is 241 cm³/mol. The van der Waals surface area contributed by atoms with Crippen molar-refractivity contribution in [1.29, 1.82) is 0 Å². The molecular formula is C55H47NO2. The van der Waals surface area contributed by atoms with Crippen LogP contribution in [-0.2, 0) is 5.41 Å². The lowest BCUT2D eigenvalue weighted by Gasteiger charge is -2.33. The number of hydrogen-bond donors (Lipinski definition) is 0. The van der Waals surface area contributed by atoms with E-state index in [1.807, 2.05) is 0 Å². The summed E-state index contributed by atoms with van der Waals surface area (Å²) in [6, 6.07) is 54.3. The summed E-state index contributed by atoms with van der Waals surface area (Å²) in [4.78, 5) is 2.32. The second-order valence-corrected chi connectivity index (χ2v) is 16.7. The van der Waals surface area contributed by atoms with Crippen LogP contribution in [0.1, 0.15) is 72.9 Å². The molecule has 8 aromatic rings. The van der Waals surface area contributed by atoms with Gasteiger partial charge in [0, 0.05) is 5.69 Å². The van der Waals surface area contributed by atoms with Crippen LogP contribution in [0.5, 0.6) is 17.2 Å². The summed E-state index contributed by atoms with van der Waals surface area (Å²) >= 11 is 0. The van der Waals surface area contributed by atoms with Crippen molar-refractivity contribution in [2.45, 2.75) is 58.8 Å². The SMILES string of the molecule is CCCCC(CC)COc1ccc(N2c3ccc(C)cc3Oc3cc(-c4ccc5c(c4)C4(c6cc(C)ccc6-5)c5cccc6ccc7cccc4c7c56)ccc32)cc1. The average molecular weight is 754 g/mol. The van der Waals surface area contributed by atoms with Crippen molar-refractivity contribution < 1.29 is 9.47 Å². The Bertz CT molecular complexity index is 2880. The molecule has 0 aromatic heterocycles. The highest BCUT2D eigenvalue weighted by Crippen LogP contribution is 2.63. The Balaban J connectivity index is 1.01. The highest BCUT2D eigenvalue weighted by Gasteiger charge is 2.51. The van der Waals surface area contributed by atoms with Gasteiger partial charge >= 0.3 is 0 Å². The fraction of sp³-hybridized carbons (Fsp3) is 0.200. The smallest absolute Gasteiger partial charge is 0.152 e. The van der Waals surface area contributed by atoms with Crippen molar-refractivity contribution >= 4 is 38.6 Å². The maximum absolute atomic E-state index is 6.81. The van der Waals surface area contributed by atoms with Crippen molar-refractivity contribution in [3.05, 3.63) is 179 Å². The van der Waals surface area contributed by atoms with Gasteiger partial charge in [-0.25, -0.2) is 0 Å². The third kappa shape index (κ3) is 5.12. The van der Waals surface area contributed by atoms with Gasteiger partial charge in [0.1, 0.15) is 5.75 Å². The zero-order chi connectivity index (χ0) is 39.1. The first-order chi connectivity index (χ1) is 28.5. The molecule has 1 aliphatic heterocycles. The highest BCUT2D eigenvalue weighted by molar-refractivity contribution is 6.17. The van der Waals surface area contributed by atoms with Crippen molar-refractivity contribution in [2.24, 2.45) is 5.92 Å². The van der Waals surface area contributed by atoms with E-state index in [9.17, 15) is 0 Å². The van der Waals surface area contributed by atoms with Crippen LogP contribution in [0.25, 0.3) is 43.8 Å². The van der Waals surface area contributed by atoms with E-state index in [1.165, 1.54) is 85.3 Å². The summed E-state index contributed by atoms with van der Waals surface area (Å²) in [6.07, 6.45) is 4.83. The van der Waals surface area contributed by atoms with Gasteiger partial charge in [-0.2, -0.15) is 0 Å². The van der Waals surface area contributed by atoms with E-state index in [4.69, 9.17) is 9.47 Å². The minimum Gasteiger partial charge on any atom is -0.493 e. The molecule has 284 valence electrons. The summed E-state index contributed by atoms with van der Waals surface area (Å²) in [5, 5.41) is 5.37. The Morgan fingerprint density at radius 2 is 1.19 bits per heavy atom. The van der Waals surface area contributed by atoms with E-state index in [-0.39, 0.29) is 0 Å². The second kappa shape index (κ2) is 13.4. The monoisotopic (exact) mass is 753 g/mol. The molecule has 0 saturated carbocycles. The number of nitrogens with zero attached hydrogens (tertiary/aromatic N) is 1. The van der Waals surface area contributed by atoms with Crippen LogP contribution in [0.4, 0.5) is 17.1 Å². The topological polar surface area (TPSA) is 21.7 Å². The third-order valence-corrected chi connectivity index (χ3v) is 13.2.